The number of aryl methyl sites for hydroxylation is 1. The normalized spacial score (nSPS) is 10.3. The Morgan fingerprint density at radius 3 is 2.35 bits per heavy atom. The second kappa shape index (κ2) is 9.62. The van der Waals surface area contributed by atoms with E-state index in [0.29, 0.717) is 11.4 Å². The van der Waals surface area contributed by atoms with Crippen molar-refractivity contribution in [3.63, 3.8) is 0 Å². The van der Waals surface area contributed by atoms with Crippen molar-refractivity contribution in [2.75, 3.05) is 13.1 Å². The molecule has 112 valence electrons. The van der Waals surface area contributed by atoms with Gasteiger partial charge in [-0.2, -0.15) is 0 Å². The number of carbonyl (C=O) groups excluding carboxylic acids is 1. The molecule has 9 N–H and O–H groups in total. The molecule has 0 aliphatic rings. The largest absolute Gasteiger partial charge is 0.508 e. The fourth-order valence-electron chi connectivity index (χ4n) is 1.06. The number of hydrogen-bond donors (Lipinski definition) is 6. The highest BCUT2D eigenvalue weighted by Crippen LogP contribution is 2.07. The van der Waals surface area contributed by atoms with Crippen LogP contribution in [0.1, 0.15) is 5.56 Å². The van der Waals surface area contributed by atoms with Crippen molar-refractivity contribution in [1.29, 1.82) is 0 Å². The smallest absolute Gasteiger partial charge is 0.264 e. The van der Waals surface area contributed by atoms with Gasteiger partial charge < -0.3 is 21.6 Å². The van der Waals surface area contributed by atoms with Crippen LogP contribution in [0.2, 0.25) is 0 Å². The Morgan fingerprint density at radius 1 is 1.40 bits per heavy atom. The van der Waals surface area contributed by atoms with E-state index < -0.39 is 5.91 Å². The number of nitrogens with two attached hydrogens (primary N) is 3. The lowest BCUT2D eigenvalue weighted by atomic mass is 10.2. The van der Waals surface area contributed by atoms with Gasteiger partial charge in [0.05, 0.1) is 0 Å². The van der Waals surface area contributed by atoms with Gasteiger partial charge in [-0.1, -0.05) is 17.7 Å². The first-order chi connectivity index (χ1) is 9.38. The van der Waals surface area contributed by atoms with Crippen molar-refractivity contribution in [2.24, 2.45) is 17.3 Å². The van der Waals surface area contributed by atoms with Gasteiger partial charge in [0, 0.05) is 18.4 Å². The van der Waals surface area contributed by atoms with Gasteiger partial charge in [0.1, 0.15) is 12.3 Å². The molecule has 8 heteroatoms. The van der Waals surface area contributed by atoms with Gasteiger partial charge >= 0.3 is 0 Å². The lowest BCUT2D eigenvalue weighted by Crippen LogP contribution is -2.37. The van der Waals surface area contributed by atoms with Crippen LogP contribution < -0.4 is 22.8 Å². The molecular formula is C12H21N5O3. The second-order valence-corrected chi connectivity index (χ2v) is 3.95. The summed E-state index contributed by atoms with van der Waals surface area (Å²) in [6, 6.07) is 7.09. The molecular weight excluding hydrogens is 262 g/mol. The number of hydrogen-bond acceptors (Lipinski definition) is 7. The third kappa shape index (κ3) is 8.75. The Kier molecular flexibility index (Phi) is 8.51. The van der Waals surface area contributed by atoms with Crippen molar-refractivity contribution in [3.8, 4) is 5.75 Å². The average molecular weight is 283 g/mol. The van der Waals surface area contributed by atoms with E-state index in [1.165, 1.54) is 17.2 Å². The maximum atomic E-state index is 10.5. The van der Waals surface area contributed by atoms with Gasteiger partial charge in [-0.25, -0.2) is 11.3 Å². The number of benzene rings is 1. The standard InChI is InChI=1S/C7H8O.C5H13N5O2/c1-6-2-4-7(8)5-3-6;6-1-4(7)2-10(8)3-5(11)9-12/h2-5,8H,1H3;2,12H,1,3,6-8H2,(H,9,11)/b;4-2-. The minimum absolute atomic E-state index is 0.161. The van der Waals surface area contributed by atoms with E-state index in [1.54, 1.807) is 12.1 Å². The summed E-state index contributed by atoms with van der Waals surface area (Å²) in [5.74, 6) is 4.98. The fourth-order valence-corrected chi connectivity index (χ4v) is 1.06. The van der Waals surface area contributed by atoms with Crippen LogP contribution >= 0.6 is 0 Å². The molecule has 0 aliphatic heterocycles. The van der Waals surface area contributed by atoms with Crippen molar-refractivity contribution in [3.05, 3.63) is 41.7 Å². The third-order valence-electron chi connectivity index (χ3n) is 2.05. The Labute approximate surface area is 117 Å². The summed E-state index contributed by atoms with van der Waals surface area (Å²) in [5.41, 5.74) is 13.4. The molecule has 0 radical (unpaired) electrons. The zero-order chi connectivity index (χ0) is 15.5. The molecule has 0 fully saturated rings. The summed E-state index contributed by atoms with van der Waals surface area (Å²) < 4.78 is 0. The lowest BCUT2D eigenvalue weighted by molar-refractivity contribution is -0.129. The molecule has 1 aromatic carbocycles. The number of amides is 1. The van der Waals surface area contributed by atoms with Gasteiger partial charge in [-0.3, -0.25) is 10.0 Å². The molecule has 0 heterocycles. The first-order valence-corrected chi connectivity index (χ1v) is 5.75. The minimum Gasteiger partial charge on any atom is -0.508 e. The van der Waals surface area contributed by atoms with E-state index >= 15 is 0 Å². The first kappa shape index (κ1) is 17.7. The van der Waals surface area contributed by atoms with Crippen LogP contribution in [0.3, 0.4) is 0 Å². The van der Waals surface area contributed by atoms with E-state index in [9.17, 15) is 4.79 Å². The van der Waals surface area contributed by atoms with Crippen LogP contribution in [0.25, 0.3) is 0 Å². The fraction of sp³-hybridized carbons (Fsp3) is 0.250. The molecule has 20 heavy (non-hydrogen) atoms. The zero-order valence-electron chi connectivity index (χ0n) is 11.3. The molecule has 1 rings (SSSR count). The van der Waals surface area contributed by atoms with Gasteiger partial charge in [0.25, 0.3) is 5.91 Å². The van der Waals surface area contributed by atoms with E-state index in [2.05, 4.69) is 0 Å². The molecule has 0 bridgehead atoms. The molecule has 1 aromatic rings. The van der Waals surface area contributed by atoms with Crippen LogP contribution in [-0.2, 0) is 4.79 Å². The summed E-state index contributed by atoms with van der Waals surface area (Å²) in [5, 5.41) is 17.9. The summed E-state index contributed by atoms with van der Waals surface area (Å²) in [4.78, 5) is 10.5. The second-order valence-electron chi connectivity index (χ2n) is 3.95. The lowest BCUT2D eigenvalue weighted by Gasteiger charge is -2.12. The molecule has 0 saturated carbocycles. The zero-order valence-corrected chi connectivity index (χ0v) is 11.3. The predicted molar refractivity (Wildman–Crippen MR) is 75.0 cm³/mol. The summed E-state index contributed by atoms with van der Waals surface area (Å²) in [6.07, 6.45) is 1.31. The molecule has 0 atom stereocenters. The maximum Gasteiger partial charge on any atom is 0.264 e. The average Bonchev–Trinajstić information content (AvgIpc) is 2.42. The minimum atomic E-state index is -0.626. The number of nitrogens with zero attached hydrogens (tertiary/aromatic N) is 1. The third-order valence-corrected chi connectivity index (χ3v) is 2.05. The highest BCUT2D eigenvalue weighted by atomic mass is 16.5. The van der Waals surface area contributed by atoms with Crippen molar-refractivity contribution >= 4 is 5.91 Å². The highest BCUT2D eigenvalue weighted by Gasteiger charge is 2.01. The topological polar surface area (TPSA) is 151 Å². The Morgan fingerprint density at radius 2 is 1.95 bits per heavy atom. The van der Waals surface area contributed by atoms with E-state index in [4.69, 9.17) is 27.6 Å². The quantitative estimate of drug-likeness (QED) is 0.239. The number of phenolic OH excluding ortho intramolecular Hbond substituents is 1. The monoisotopic (exact) mass is 283 g/mol. The van der Waals surface area contributed by atoms with Crippen molar-refractivity contribution < 1.29 is 15.1 Å². The van der Waals surface area contributed by atoms with Gasteiger partial charge in [-0.05, 0) is 19.1 Å². The molecule has 0 unspecified atom stereocenters. The molecule has 0 aromatic heterocycles. The Balaban J connectivity index is 0.000000388. The van der Waals surface area contributed by atoms with Crippen LogP contribution in [-0.4, -0.2) is 34.3 Å². The van der Waals surface area contributed by atoms with Gasteiger partial charge in [0.15, 0.2) is 0 Å². The Hall–Kier alpha value is -2.29. The number of hydroxylamine groups is 1. The maximum absolute atomic E-state index is 10.5. The van der Waals surface area contributed by atoms with Crippen LogP contribution in [0.4, 0.5) is 0 Å². The van der Waals surface area contributed by atoms with Crippen LogP contribution in [0, 0.1) is 6.92 Å². The number of hydrazine groups is 1. The van der Waals surface area contributed by atoms with E-state index in [0.717, 1.165) is 5.01 Å². The SMILES string of the molecule is Cc1ccc(O)cc1.NC/C(N)=C/N(N)CC(=O)NO. The van der Waals surface area contributed by atoms with Crippen LogP contribution in [0.15, 0.2) is 36.2 Å². The summed E-state index contributed by atoms with van der Waals surface area (Å²) in [7, 11) is 0. The Bertz CT molecular complexity index is 412. The summed E-state index contributed by atoms with van der Waals surface area (Å²) in [6.45, 7) is 1.96. The summed E-state index contributed by atoms with van der Waals surface area (Å²) >= 11 is 0. The molecule has 8 nitrogen and oxygen atoms in total. The van der Waals surface area contributed by atoms with E-state index in [1.807, 2.05) is 19.1 Å². The molecule has 1 amide bonds. The molecule has 0 saturated heterocycles. The predicted octanol–water partition coefficient (Wildman–Crippen LogP) is -0.873. The number of phenols is 1. The van der Waals surface area contributed by atoms with Crippen molar-refractivity contribution in [2.45, 2.75) is 6.92 Å². The number of carbonyl (C=O) groups is 1. The number of rotatable bonds is 4. The van der Waals surface area contributed by atoms with Gasteiger partial charge in [-0.15, -0.1) is 0 Å². The van der Waals surface area contributed by atoms with Crippen molar-refractivity contribution in [1.82, 2.24) is 10.5 Å². The molecule has 0 spiro atoms. The van der Waals surface area contributed by atoms with E-state index in [-0.39, 0.29) is 13.1 Å². The number of aromatic hydroxyl groups is 1. The highest BCUT2D eigenvalue weighted by molar-refractivity contribution is 5.76. The van der Waals surface area contributed by atoms with Gasteiger partial charge in [0.2, 0.25) is 0 Å². The number of nitrogens with one attached hydrogen (secondary N) is 1. The van der Waals surface area contributed by atoms with Crippen LogP contribution in [0.5, 0.6) is 5.75 Å². The first-order valence-electron chi connectivity index (χ1n) is 5.75. The molecule has 0 aliphatic carbocycles.